The van der Waals surface area contributed by atoms with Crippen LogP contribution in [0.15, 0.2) is 48.5 Å². The number of fused-ring (bicyclic) bond motifs is 1. The van der Waals surface area contributed by atoms with E-state index in [-0.39, 0.29) is 12.0 Å². The van der Waals surface area contributed by atoms with Gasteiger partial charge in [0.1, 0.15) is 6.23 Å². The number of benzene rings is 2. The molecule has 3 aliphatic rings. The molecule has 0 saturated carbocycles. The Morgan fingerprint density at radius 2 is 1.67 bits per heavy atom. The van der Waals surface area contributed by atoms with Gasteiger partial charge in [-0.1, -0.05) is 41.9 Å². The lowest BCUT2D eigenvalue weighted by Gasteiger charge is -2.41. The molecular weight excluding hydrogens is 434 g/mol. The number of rotatable bonds is 5. The highest BCUT2D eigenvalue weighted by molar-refractivity contribution is 6.30. The molecule has 5 nitrogen and oxygen atoms in total. The Bertz CT molecular complexity index is 952. The minimum absolute atomic E-state index is 0.00701. The predicted octanol–water partition coefficient (Wildman–Crippen LogP) is 4.31. The maximum atomic E-state index is 12.9. The van der Waals surface area contributed by atoms with Crippen LogP contribution in [0.4, 0.5) is 5.69 Å². The van der Waals surface area contributed by atoms with E-state index >= 15 is 0 Å². The SMILES string of the molecule is O=C(C1CCN(C(O)C2Cc3ccccc3N2Cc2ccc(Cl)cc2)CC1)N1CCCCC1. The number of aliphatic hydroxyl groups is 1. The lowest BCUT2D eigenvalue weighted by molar-refractivity contribution is -0.139. The monoisotopic (exact) mass is 467 g/mol. The molecule has 2 aromatic carbocycles. The van der Waals surface area contributed by atoms with E-state index in [9.17, 15) is 9.90 Å². The van der Waals surface area contributed by atoms with Gasteiger partial charge in [0.05, 0.1) is 6.04 Å². The van der Waals surface area contributed by atoms with E-state index in [4.69, 9.17) is 11.6 Å². The van der Waals surface area contributed by atoms with Crippen LogP contribution < -0.4 is 4.90 Å². The number of halogens is 1. The quantitative estimate of drug-likeness (QED) is 0.711. The molecule has 0 radical (unpaired) electrons. The third-order valence-corrected chi connectivity index (χ3v) is 7.91. The van der Waals surface area contributed by atoms with Crippen LogP contribution in [-0.4, -0.2) is 59.3 Å². The summed E-state index contributed by atoms with van der Waals surface area (Å²) in [5.41, 5.74) is 3.66. The fourth-order valence-electron chi connectivity index (χ4n) is 5.76. The molecule has 0 spiro atoms. The summed E-state index contributed by atoms with van der Waals surface area (Å²) in [6.45, 7) is 4.11. The number of hydrogen-bond donors (Lipinski definition) is 1. The molecule has 0 aromatic heterocycles. The molecular formula is C27H34ClN3O2. The fraction of sp³-hybridized carbons (Fsp3) is 0.519. The van der Waals surface area contributed by atoms with Gasteiger partial charge in [-0.05, 0) is 67.9 Å². The molecule has 2 aromatic rings. The van der Waals surface area contributed by atoms with Crippen LogP contribution in [0.2, 0.25) is 5.02 Å². The van der Waals surface area contributed by atoms with Gasteiger partial charge in [0.2, 0.25) is 5.91 Å². The number of piperidine rings is 2. The van der Waals surface area contributed by atoms with Crippen LogP contribution >= 0.6 is 11.6 Å². The molecule has 3 aliphatic heterocycles. The highest BCUT2D eigenvalue weighted by atomic mass is 35.5. The van der Waals surface area contributed by atoms with Crippen molar-refractivity contribution in [3.05, 3.63) is 64.7 Å². The molecule has 2 unspecified atom stereocenters. The summed E-state index contributed by atoms with van der Waals surface area (Å²) in [7, 11) is 0. The van der Waals surface area contributed by atoms with E-state index in [1.54, 1.807) is 0 Å². The number of carbonyl (C=O) groups is 1. The van der Waals surface area contributed by atoms with Gasteiger partial charge in [-0.25, -0.2) is 0 Å². The largest absolute Gasteiger partial charge is 0.376 e. The Labute approximate surface area is 201 Å². The Balaban J connectivity index is 1.25. The van der Waals surface area contributed by atoms with Crippen LogP contribution in [0, 0.1) is 5.92 Å². The molecule has 2 atom stereocenters. The van der Waals surface area contributed by atoms with E-state index in [0.29, 0.717) is 5.91 Å². The van der Waals surface area contributed by atoms with Crippen molar-refractivity contribution >= 4 is 23.2 Å². The summed E-state index contributed by atoms with van der Waals surface area (Å²) in [5, 5.41) is 12.2. The first-order valence-electron chi connectivity index (χ1n) is 12.4. The normalized spacial score (nSPS) is 22.9. The minimum atomic E-state index is -0.560. The first-order chi connectivity index (χ1) is 16.1. The van der Waals surface area contributed by atoms with Crippen LogP contribution in [0.3, 0.4) is 0 Å². The molecule has 1 amide bonds. The number of anilines is 1. The van der Waals surface area contributed by atoms with Gasteiger partial charge in [-0.2, -0.15) is 0 Å². The molecule has 33 heavy (non-hydrogen) atoms. The van der Waals surface area contributed by atoms with Gasteiger partial charge >= 0.3 is 0 Å². The van der Waals surface area contributed by atoms with Crippen molar-refractivity contribution in [1.29, 1.82) is 0 Å². The van der Waals surface area contributed by atoms with E-state index in [1.807, 2.05) is 12.1 Å². The molecule has 3 heterocycles. The Morgan fingerprint density at radius 1 is 0.970 bits per heavy atom. The molecule has 1 N–H and O–H groups in total. The summed E-state index contributed by atoms with van der Waals surface area (Å²) in [4.78, 5) is 19.5. The molecule has 5 rings (SSSR count). The third kappa shape index (κ3) is 4.91. The standard InChI is InChI=1S/C27H34ClN3O2/c28-23-10-8-20(9-11-23)19-31-24-7-3-2-6-22(24)18-25(31)27(33)30-16-12-21(13-17-30)26(32)29-14-4-1-5-15-29/h2-3,6-11,21,25,27,33H,1,4-5,12-19H2. The lowest BCUT2D eigenvalue weighted by Crippen LogP contribution is -2.54. The lowest BCUT2D eigenvalue weighted by atomic mass is 9.93. The molecule has 2 saturated heterocycles. The zero-order chi connectivity index (χ0) is 22.8. The highest BCUT2D eigenvalue weighted by Crippen LogP contribution is 2.36. The molecule has 2 fully saturated rings. The van der Waals surface area contributed by atoms with Crippen molar-refractivity contribution in [3.8, 4) is 0 Å². The molecule has 176 valence electrons. The number of carbonyl (C=O) groups excluding carboxylic acids is 1. The number of amides is 1. The van der Waals surface area contributed by atoms with Gasteiger partial charge in [-0.3, -0.25) is 9.69 Å². The first-order valence-corrected chi connectivity index (χ1v) is 12.8. The summed E-state index contributed by atoms with van der Waals surface area (Å²) in [6, 6.07) is 16.4. The summed E-state index contributed by atoms with van der Waals surface area (Å²) < 4.78 is 0. The second-order valence-corrected chi connectivity index (χ2v) is 10.2. The number of hydrogen-bond acceptors (Lipinski definition) is 4. The van der Waals surface area contributed by atoms with Gasteiger partial charge in [0.15, 0.2) is 0 Å². The smallest absolute Gasteiger partial charge is 0.225 e. The number of para-hydroxylation sites is 1. The second-order valence-electron chi connectivity index (χ2n) is 9.76. The zero-order valence-corrected chi connectivity index (χ0v) is 20.0. The Hall–Kier alpha value is -2.08. The maximum absolute atomic E-state index is 12.9. The Kier molecular flexibility index (Phi) is 6.91. The predicted molar refractivity (Wildman–Crippen MR) is 132 cm³/mol. The average molecular weight is 468 g/mol. The summed E-state index contributed by atoms with van der Waals surface area (Å²) in [6.07, 6.45) is 5.45. The summed E-state index contributed by atoms with van der Waals surface area (Å²) >= 11 is 6.09. The van der Waals surface area contributed by atoms with Crippen molar-refractivity contribution in [1.82, 2.24) is 9.80 Å². The number of aliphatic hydroxyl groups excluding tert-OH is 1. The average Bonchev–Trinajstić information content (AvgIpc) is 3.23. The van der Waals surface area contributed by atoms with Gasteiger partial charge < -0.3 is 14.9 Å². The van der Waals surface area contributed by atoms with E-state index in [1.165, 1.54) is 23.2 Å². The minimum Gasteiger partial charge on any atom is -0.376 e. The number of nitrogens with zero attached hydrogens (tertiary/aromatic N) is 3. The molecule has 0 bridgehead atoms. The van der Waals surface area contributed by atoms with E-state index < -0.39 is 6.23 Å². The third-order valence-electron chi connectivity index (χ3n) is 7.66. The molecule has 0 aliphatic carbocycles. The summed E-state index contributed by atoms with van der Waals surface area (Å²) in [5.74, 6) is 0.443. The molecule has 6 heteroatoms. The second kappa shape index (κ2) is 10.0. The highest BCUT2D eigenvalue weighted by Gasteiger charge is 2.39. The van der Waals surface area contributed by atoms with E-state index in [0.717, 1.165) is 69.9 Å². The first kappa shape index (κ1) is 22.7. The fourth-order valence-corrected chi connectivity index (χ4v) is 5.89. The van der Waals surface area contributed by atoms with Crippen molar-refractivity contribution in [2.24, 2.45) is 5.92 Å². The van der Waals surface area contributed by atoms with Gasteiger partial charge in [-0.15, -0.1) is 0 Å². The van der Waals surface area contributed by atoms with Crippen molar-refractivity contribution in [2.45, 2.75) is 57.3 Å². The van der Waals surface area contributed by atoms with Crippen molar-refractivity contribution in [3.63, 3.8) is 0 Å². The maximum Gasteiger partial charge on any atom is 0.225 e. The van der Waals surface area contributed by atoms with Gasteiger partial charge in [0, 0.05) is 49.4 Å². The van der Waals surface area contributed by atoms with Crippen molar-refractivity contribution < 1.29 is 9.90 Å². The number of likely N-dealkylation sites (tertiary alicyclic amines) is 2. The van der Waals surface area contributed by atoms with E-state index in [2.05, 4.69) is 51.1 Å². The van der Waals surface area contributed by atoms with Crippen LogP contribution in [-0.2, 0) is 17.8 Å². The van der Waals surface area contributed by atoms with Gasteiger partial charge in [0.25, 0.3) is 0 Å². The van der Waals surface area contributed by atoms with Crippen LogP contribution in [0.25, 0.3) is 0 Å². The van der Waals surface area contributed by atoms with Crippen molar-refractivity contribution in [2.75, 3.05) is 31.1 Å². The van der Waals surface area contributed by atoms with Crippen LogP contribution in [0.1, 0.15) is 43.2 Å². The Morgan fingerprint density at radius 3 is 2.39 bits per heavy atom. The topological polar surface area (TPSA) is 47.0 Å². The zero-order valence-electron chi connectivity index (χ0n) is 19.2. The van der Waals surface area contributed by atoms with Crippen LogP contribution in [0.5, 0.6) is 0 Å².